The summed E-state index contributed by atoms with van der Waals surface area (Å²) in [5, 5.41) is 3.96. The minimum absolute atomic E-state index is 0.0514. The smallest absolute Gasteiger partial charge is 0.129 e. The van der Waals surface area contributed by atoms with Gasteiger partial charge in [0.05, 0.1) is 5.02 Å². The van der Waals surface area contributed by atoms with Crippen LogP contribution in [0.1, 0.15) is 51.1 Å². The van der Waals surface area contributed by atoms with E-state index in [2.05, 4.69) is 35.1 Å². The number of unbranched alkanes of at least 4 members (excludes halogenated alkanes) is 1. The molecule has 0 saturated heterocycles. The van der Waals surface area contributed by atoms with Gasteiger partial charge in [0.2, 0.25) is 0 Å². The molecule has 1 rings (SSSR count). The Morgan fingerprint density at radius 2 is 2.06 bits per heavy atom. The predicted molar refractivity (Wildman–Crippen MR) is 79.7 cm³/mol. The first-order chi connectivity index (χ1) is 8.60. The lowest BCUT2D eigenvalue weighted by molar-refractivity contribution is 0.459. The van der Waals surface area contributed by atoms with Crippen molar-refractivity contribution in [1.29, 1.82) is 0 Å². The first-order valence-electron chi connectivity index (χ1n) is 6.48. The second kappa shape index (κ2) is 8.13. The molecule has 0 aliphatic carbocycles. The highest BCUT2D eigenvalue weighted by Gasteiger charge is 2.16. The summed E-state index contributed by atoms with van der Waals surface area (Å²) in [6, 6.07) is 3.23. The molecule has 1 nitrogen and oxygen atoms in total. The number of halogens is 3. The third-order valence-corrected chi connectivity index (χ3v) is 4.10. The van der Waals surface area contributed by atoms with E-state index in [4.69, 9.17) is 11.6 Å². The van der Waals surface area contributed by atoms with Gasteiger partial charge in [-0.2, -0.15) is 0 Å². The molecule has 0 bridgehead atoms. The maximum absolute atomic E-state index is 14.0. The summed E-state index contributed by atoms with van der Waals surface area (Å²) >= 11 is 9.30. The summed E-state index contributed by atoms with van der Waals surface area (Å²) in [5.41, 5.74) is 0.671. The van der Waals surface area contributed by atoms with E-state index in [0.717, 1.165) is 32.2 Å². The molecule has 1 aromatic carbocycles. The Balaban J connectivity index is 2.92. The summed E-state index contributed by atoms with van der Waals surface area (Å²) in [5.74, 6) is -0.198. The molecule has 1 N–H and O–H groups in total. The molecule has 1 aromatic rings. The van der Waals surface area contributed by atoms with Crippen LogP contribution in [0.2, 0.25) is 5.02 Å². The van der Waals surface area contributed by atoms with Gasteiger partial charge in [0.1, 0.15) is 5.82 Å². The fourth-order valence-electron chi connectivity index (χ4n) is 1.90. The van der Waals surface area contributed by atoms with Crippen molar-refractivity contribution in [3.63, 3.8) is 0 Å². The van der Waals surface area contributed by atoms with Crippen molar-refractivity contribution >= 4 is 27.5 Å². The molecule has 0 saturated carbocycles. The van der Waals surface area contributed by atoms with Gasteiger partial charge >= 0.3 is 0 Å². The molecule has 18 heavy (non-hydrogen) atoms. The maximum atomic E-state index is 14.0. The Bertz CT molecular complexity index is 376. The summed E-state index contributed by atoms with van der Waals surface area (Å²) in [6.45, 7) is 5.14. The van der Waals surface area contributed by atoms with Crippen LogP contribution in [0.25, 0.3) is 0 Å². The molecule has 1 atom stereocenters. The Morgan fingerprint density at radius 1 is 1.33 bits per heavy atom. The highest BCUT2D eigenvalue weighted by molar-refractivity contribution is 9.10. The van der Waals surface area contributed by atoms with Crippen LogP contribution < -0.4 is 5.32 Å². The zero-order chi connectivity index (χ0) is 13.5. The van der Waals surface area contributed by atoms with Crippen LogP contribution in [0.4, 0.5) is 4.39 Å². The van der Waals surface area contributed by atoms with Gasteiger partial charge in [-0.15, -0.1) is 0 Å². The average Bonchev–Trinajstić information content (AvgIpc) is 2.35. The third kappa shape index (κ3) is 4.52. The van der Waals surface area contributed by atoms with Crippen molar-refractivity contribution in [2.45, 2.75) is 45.6 Å². The van der Waals surface area contributed by atoms with Gasteiger partial charge < -0.3 is 5.32 Å². The first kappa shape index (κ1) is 15.9. The fourth-order valence-corrected chi connectivity index (χ4v) is 2.39. The molecule has 0 aromatic heterocycles. The van der Waals surface area contributed by atoms with Crippen LogP contribution in [-0.2, 0) is 0 Å². The van der Waals surface area contributed by atoms with Crippen LogP contribution in [-0.4, -0.2) is 6.54 Å². The molecule has 0 aliphatic heterocycles. The van der Waals surface area contributed by atoms with Gasteiger partial charge in [-0.3, -0.25) is 0 Å². The minimum Gasteiger partial charge on any atom is -0.310 e. The molecule has 4 heteroatoms. The zero-order valence-electron chi connectivity index (χ0n) is 10.9. The van der Waals surface area contributed by atoms with Crippen LogP contribution in [0, 0.1) is 5.82 Å². The Kier molecular flexibility index (Phi) is 7.20. The number of rotatable bonds is 7. The Hall–Kier alpha value is -0.120. The highest BCUT2D eigenvalue weighted by Crippen LogP contribution is 2.30. The number of nitrogens with one attached hydrogen (secondary N) is 1. The van der Waals surface area contributed by atoms with E-state index in [1.165, 1.54) is 6.07 Å². The molecule has 1 unspecified atom stereocenters. The Morgan fingerprint density at radius 3 is 2.67 bits per heavy atom. The summed E-state index contributed by atoms with van der Waals surface area (Å²) in [4.78, 5) is 0. The molecule has 0 aliphatic rings. The highest BCUT2D eigenvalue weighted by atomic mass is 79.9. The van der Waals surface area contributed by atoms with Gasteiger partial charge in [-0.05, 0) is 47.4 Å². The fraction of sp³-hybridized carbons (Fsp3) is 0.571. The van der Waals surface area contributed by atoms with Gasteiger partial charge in [-0.25, -0.2) is 4.39 Å². The van der Waals surface area contributed by atoms with Gasteiger partial charge in [-0.1, -0.05) is 38.3 Å². The maximum Gasteiger partial charge on any atom is 0.129 e. The zero-order valence-corrected chi connectivity index (χ0v) is 13.2. The van der Waals surface area contributed by atoms with E-state index in [9.17, 15) is 4.39 Å². The van der Waals surface area contributed by atoms with Crippen LogP contribution in [0.5, 0.6) is 0 Å². The number of hydrogen-bond acceptors (Lipinski definition) is 1. The van der Waals surface area contributed by atoms with E-state index >= 15 is 0 Å². The lowest BCUT2D eigenvalue weighted by atomic mass is 10.0. The molecular formula is C14H20BrClFN. The third-order valence-electron chi connectivity index (χ3n) is 2.90. The van der Waals surface area contributed by atoms with Crippen molar-refractivity contribution in [2.24, 2.45) is 0 Å². The standard InChI is InChI=1S/C14H20BrClFN/c1-3-5-6-14(18-7-4-2)10-8-12(16)11(15)9-13(10)17/h8-9,14,18H,3-7H2,1-2H3. The largest absolute Gasteiger partial charge is 0.310 e. The normalized spacial score (nSPS) is 12.7. The summed E-state index contributed by atoms with van der Waals surface area (Å²) in [7, 11) is 0. The first-order valence-corrected chi connectivity index (χ1v) is 7.65. The quantitative estimate of drug-likeness (QED) is 0.651. The van der Waals surface area contributed by atoms with E-state index in [1.54, 1.807) is 6.07 Å². The second-order valence-corrected chi connectivity index (χ2v) is 5.70. The predicted octanol–water partition coefficient (Wildman–Crippen LogP) is 5.47. The van der Waals surface area contributed by atoms with Crippen molar-refractivity contribution < 1.29 is 4.39 Å². The minimum atomic E-state index is -0.198. The van der Waals surface area contributed by atoms with Crippen LogP contribution >= 0.6 is 27.5 Å². The molecule has 0 heterocycles. The molecule has 0 amide bonds. The average molecular weight is 337 g/mol. The van der Waals surface area contributed by atoms with Crippen molar-refractivity contribution in [2.75, 3.05) is 6.54 Å². The van der Waals surface area contributed by atoms with Gasteiger partial charge in [0.25, 0.3) is 0 Å². The van der Waals surface area contributed by atoms with Crippen molar-refractivity contribution in [1.82, 2.24) is 5.32 Å². The SMILES string of the molecule is CCCCC(NCCC)c1cc(Cl)c(Br)cc1F. The monoisotopic (exact) mass is 335 g/mol. The van der Waals surface area contributed by atoms with E-state index < -0.39 is 0 Å². The summed E-state index contributed by atoms with van der Waals surface area (Å²) < 4.78 is 14.6. The number of benzene rings is 1. The molecule has 0 spiro atoms. The lowest BCUT2D eigenvalue weighted by Gasteiger charge is -2.20. The topological polar surface area (TPSA) is 12.0 Å². The lowest BCUT2D eigenvalue weighted by Crippen LogP contribution is -2.23. The van der Waals surface area contributed by atoms with E-state index in [-0.39, 0.29) is 11.9 Å². The van der Waals surface area contributed by atoms with E-state index in [0.29, 0.717) is 15.1 Å². The van der Waals surface area contributed by atoms with Gasteiger partial charge in [0, 0.05) is 16.1 Å². The van der Waals surface area contributed by atoms with Crippen LogP contribution in [0.15, 0.2) is 16.6 Å². The van der Waals surface area contributed by atoms with Crippen LogP contribution in [0.3, 0.4) is 0 Å². The van der Waals surface area contributed by atoms with E-state index in [1.807, 2.05) is 0 Å². The van der Waals surface area contributed by atoms with Crippen molar-refractivity contribution in [3.8, 4) is 0 Å². The summed E-state index contributed by atoms with van der Waals surface area (Å²) in [6.07, 6.45) is 4.16. The molecule has 0 radical (unpaired) electrons. The number of hydrogen-bond donors (Lipinski definition) is 1. The van der Waals surface area contributed by atoms with Crippen molar-refractivity contribution in [3.05, 3.63) is 33.0 Å². The Labute approximate surface area is 122 Å². The second-order valence-electron chi connectivity index (χ2n) is 4.44. The molecule has 0 fully saturated rings. The van der Waals surface area contributed by atoms with Gasteiger partial charge in [0.15, 0.2) is 0 Å². The molecule has 102 valence electrons. The molecular weight excluding hydrogens is 317 g/mol.